The van der Waals surface area contributed by atoms with Crippen molar-refractivity contribution in [2.45, 2.75) is 32.7 Å². The fourth-order valence-electron chi connectivity index (χ4n) is 3.18. The van der Waals surface area contributed by atoms with Crippen LogP contribution in [0.5, 0.6) is 0 Å². The molecule has 1 aromatic heterocycles. The Labute approximate surface area is 136 Å². The summed E-state index contributed by atoms with van der Waals surface area (Å²) in [7, 11) is 0. The van der Waals surface area contributed by atoms with E-state index in [1.807, 2.05) is 19.1 Å². The number of ether oxygens (including phenoxy) is 1. The number of nitrogens with one attached hydrogen (secondary N) is 2. The van der Waals surface area contributed by atoms with Crippen molar-refractivity contribution in [1.82, 2.24) is 15.3 Å². The second kappa shape index (κ2) is 7.00. The maximum Gasteiger partial charge on any atom is 0.313 e. The molecule has 0 radical (unpaired) electrons. The van der Waals surface area contributed by atoms with Crippen LogP contribution in [0.1, 0.15) is 26.1 Å². The number of piperazine rings is 1. The summed E-state index contributed by atoms with van der Waals surface area (Å²) in [6, 6.07) is 6.63. The molecule has 1 aliphatic heterocycles. The number of imidazole rings is 1. The molecule has 1 fully saturated rings. The molecule has 6 heteroatoms. The molecule has 0 spiro atoms. The summed E-state index contributed by atoms with van der Waals surface area (Å²) in [5, 5.41) is 3.45. The molecule has 2 aromatic rings. The van der Waals surface area contributed by atoms with Gasteiger partial charge in [0.25, 0.3) is 0 Å². The van der Waals surface area contributed by atoms with Gasteiger partial charge < -0.3 is 19.9 Å². The van der Waals surface area contributed by atoms with Gasteiger partial charge >= 0.3 is 5.97 Å². The van der Waals surface area contributed by atoms with Gasteiger partial charge in [0, 0.05) is 25.7 Å². The lowest BCUT2D eigenvalue weighted by Gasteiger charge is -2.37. The van der Waals surface area contributed by atoms with Crippen LogP contribution in [-0.2, 0) is 16.0 Å². The van der Waals surface area contributed by atoms with Gasteiger partial charge in [0.1, 0.15) is 17.8 Å². The van der Waals surface area contributed by atoms with E-state index in [0.29, 0.717) is 18.5 Å². The van der Waals surface area contributed by atoms with Gasteiger partial charge in [-0.2, -0.15) is 0 Å². The number of aromatic nitrogens is 2. The summed E-state index contributed by atoms with van der Waals surface area (Å²) >= 11 is 0. The Bertz CT molecular complexity index is 682. The number of benzene rings is 1. The van der Waals surface area contributed by atoms with E-state index in [1.54, 1.807) is 0 Å². The van der Waals surface area contributed by atoms with Crippen LogP contribution in [0.4, 0.5) is 5.69 Å². The number of esters is 1. The highest BCUT2D eigenvalue weighted by atomic mass is 16.5. The average Bonchev–Trinajstić information content (AvgIpc) is 2.97. The zero-order chi connectivity index (χ0) is 16.2. The third kappa shape index (κ3) is 3.32. The monoisotopic (exact) mass is 316 g/mol. The smallest absolute Gasteiger partial charge is 0.313 e. The van der Waals surface area contributed by atoms with E-state index in [-0.39, 0.29) is 12.4 Å². The number of carbonyl (C=O) groups is 1. The average molecular weight is 316 g/mol. The molecule has 0 amide bonds. The SMILES string of the molecule is CCOC(=O)Cc1nc2c(N3CCNCC3CC)cccc2[nH]1. The van der Waals surface area contributed by atoms with Crippen molar-refractivity contribution in [3.05, 3.63) is 24.0 Å². The highest BCUT2D eigenvalue weighted by Crippen LogP contribution is 2.28. The van der Waals surface area contributed by atoms with Gasteiger partial charge in [-0.3, -0.25) is 4.79 Å². The lowest BCUT2D eigenvalue weighted by Crippen LogP contribution is -2.51. The number of hydrogen-bond acceptors (Lipinski definition) is 5. The van der Waals surface area contributed by atoms with E-state index < -0.39 is 0 Å². The van der Waals surface area contributed by atoms with Gasteiger partial charge in [-0.05, 0) is 25.5 Å². The summed E-state index contributed by atoms with van der Waals surface area (Å²) in [4.78, 5) is 22.0. The molecule has 2 N–H and O–H groups in total. The van der Waals surface area contributed by atoms with Gasteiger partial charge in [-0.15, -0.1) is 0 Å². The Morgan fingerprint density at radius 3 is 3.09 bits per heavy atom. The predicted molar refractivity (Wildman–Crippen MR) is 90.7 cm³/mol. The standard InChI is InChI=1S/C17H24N4O2/c1-3-12-11-18-8-9-21(12)14-7-5-6-13-17(14)20-15(19-13)10-16(22)23-4-2/h5-7,12,18H,3-4,8-11H2,1-2H3,(H,19,20). The van der Waals surface area contributed by atoms with Crippen molar-refractivity contribution in [2.24, 2.45) is 0 Å². The van der Waals surface area contributed by atoms with E-state index in [9.17, 15) is 4.79 Å². The van der Waals surface area contributed by atoms with Crippen LogP contribution in [0, 0.1) is 0 Å². The molecule has 0 aliphatic carbocycles. The number of para-hydroxylation sites is 1. The number of carbonyl (C=O) groups excluding carboxylic acids is 1. The molecule has 23 heavy (non-hydrogen) atoms. The number of hydrogen-bond donors (Lipinski definition) is 2. The topological polar surface area (TPSA) is 70.2 Å². The lowest BCUT2D eigenvalue weighted by molar-refractivity contribution is -0.142. The zero-order valence-electron chi connectivity index (χ0n) is 13.8. The van der Waals surface area contributed by atoms with Crippen LogP contribution in [0.15, 0.2) is 18.2 Å². The van der Waals surface area contributed by atoms with Crippen molar-refractivity contribution in [1.29, 1.82) is 0 Å². The molecule has 1 aliphatic rings. The van der Waals surface area contributed by atoms with E-state index in [0.717, 1.165) is 42.8 Å². The van der Waals surface area contributed by atoms with Crippen LogP contribution in [0.25, 0.3) is 11.0 Å². The Morgan fingerprint density at radius 1 is 1.43 bits per heavy atom. The molecule has 1 atom stereocenters. The number of anilines is 1. The van der Waals surface area contributed by atoms with Crippen LogP contribution < -0.4 is 10.2 Å². The molecule has 124 valence electrons. The highest BCUT2D eigenvalue weighted by molar-refractivity contribution is 5.89. The van der Waals surface area contributed by atoms with Crippen LogP contribution in [0.3, 0.4) is 0 Å². The fourth-order valence-corrected chi connectivity index (χ4v) is 3.18. The van der Waals surface area contributed by atoms with E-state index >= 15 is 0 Å². The minimum absolute atomic E-state index is 0.181. The van der Waals surface area contributed by atoms with Crippen LogP contribution in [-0.4, -0.2) is 48.2 Å². The summed E-state index contributed by atoms with van der Waals surface area (Å²) in [6.07, 6.45) is 1.27. The number of aromatic amines is 1. The second-order valence-corrected chi connectivity index (χ2v) is 5.80. The first-order chi connectivity index (χ1) is 11.2. The van der Waals surface area contributed by atoms with Crippen molar-refractivity contribution >= 4 is 22.7 Å². The van der Waals surface area contributed by atoms with Gasteiger partial charge in [-0.25, -0.2) is 4.98 Å². The summed E-state index contributed by atoms with van der Waals surface area (Å²) < 4.78 is 5.01. The van der Waals surface area contributed by atoms with Crippen LogP contribution >= 0.6 is 0 Å². The van der Waals surface area contributed by atoms with Crippen LogP contribution in [0.2, 0.25) is 0 Å². The molecule has 1 saturated heterocycles. The number of rotatable bonds is 5. The lowest BCUT2D eigenvalue weighted by atomic mass is 10.1. The normalized spacial score (nSPS) is 18.3. The maximum absolute atomic E-state index is 11.7. The Kier molecular flexibility index (Phi) is 4.81. The summed E-state index contributed by atoms with van der Waals surface area (Å²) in [5.74, 6) is 0.413. The third-order valence-corrected chi connectivity index (χ3v) is 4.29. The summed E-state index contributed by atoms with van der Waals surface area (Å²) in [5.41, 5.74) is 3.05. The molecule has 2 heterocycles. The largest absolute Gasteiger partial charge is 0.466 e. The fraction of sp³-hybridized carbons (Fsp3) is 0.529. The number of H-pyrrole nitrogens is 1. The van der Waals surface area contributed by atoms with Crippen molar-refractivity contribution in [3.8, 4) is 0 Å². The van der Waals surface area contributed by atoms with Crippen molar-refractivity contribution < 1.29 is 9.53 Å². The quantitative estimate of drug-likeness (QED) is 0.824. The summed E-state index contributed by atoms with van der Waals surface area (Å²) in [6.45, 7) is 7.35. The van der Waals surface area contributed by atoms with Crippen molar-refractivity contribution in [3.63, 3.8) is 0 Å². The predicted octanol–water partition coefficient (Wildman–Crippen LogP) is 1.86. The molecular weight excluding hydrogens is 292 g/mol. The molecular formula is C17H24N4O2. The van der Waals surface area contributed by atoms with Gasteiger partial charge in [0.2, 0.25) is 0 Å². The van der Waals surface area contributed by atoms with E-state index in [2.05, 4.69) is 33.2 Å². The Morgan fingerprint density at radius 2 is 2.30 bits per heavy atom. The third-order valence-electron chi connectivity index (χ3n) is 4.29. The zero-order valence-corrected chi connectivity index (χ0v) is 13.8. The van der Waals surface area contributed by atoms with E-state index in [1.165, 1.54) is 0 Å². The Hall–Kier alpha value is -2.08. The maximum atomic E-state index is 11.7. The van der Waals surface area contributed by atoms with Crippen molar-refractivity contribution in [2.75, 3.05) is 31.1 Å². The Balaban J connectivity index is 1.91. The molecule has 3 rings (SSSR count). The minimum Gasteiger partial charge on any atom is -0.466 e. The highest BCUT2D eigenvalue weighted by Gasteiger charge is 2.23. The second-order valence-electron chi connectivity index (χ2n) is 5.80. The first kappa shape index (κ1) is 15.8. The first-order valence-corrected chi connectivity index (χ1v) is 8.33. The first-order valence-electron chi connectivity index (χ1n) is 8.33. The minimum atomic E-state index is -0.248. The number of nitrogens with zero attached hydrogens (tertiary/aromatic N) is 2. The molecule has 6 nitrogen and oxygen atoms in total. The molecule has 1 unspecified atom stereocenters. The number of fused-ring (bicyclic) bond motifs is 1. The van der Waals surface area contributed by atoms with Gasteiger partial charge in [0.05, 0.1) is 17.8 Å². The molecule has 1 aromatic carbocycles. The van der Waals surface area contributed by atoms with Gasteiger partial charge in [-0.1, -0.05) is 13.0 Å². The molecule has 0 bridgehead atoms. The van der Waals surface area contributed by atoms with Gasteiger partial charge in [0.15, 0.2) is 0 Å². The molecule has 0 saturated carbocycles. The van der Waals surface area contributed by atoms with E-state index in [4.69, 9.17) is 4.74 Å².